The number of rotatable bonds is 9. The van der Waals surface area contributed by atoms with Gasteiger partial charge in [-0.2, -0.15) is 0 Å². The van der Waals surface area contributed by atoms with Crippen molar-refractivity contribution in [3.05, 3.63) is 65.2 Å². The number of nitrogens with one attached hydrogen (secondary N) is 1. The summed E-state index contributed by atoms with van der Waals surface area (Å²) in [5.41, 5.74) is 3.29. The van der Waals surface area contributed by atoms with Crippen LogP contribution in [-0.4, -0.2) is 65.9 Å². The van der Waals surface area contributed by atoms with Crippen LogP contribution >= 0.6 is 0 Å². The summed E-state index contributed by atoms with van der Waals surface area (Å²) in [6.45, 7) is 6.06. The molecule has 4 rings (SSSR count). The quantitative estimate of drug-likeness (QED) is 0.483. The number of carboxylic acids is 1. The number of aliphatic hydroxyl groups excluding tert-OH is 1. The minimum atomic E-state index is -1.01. The van der Waals surface area contributed by atoms with Gasteiger partial charge in [0.25, 0.3) is 0 Å². The zero-order valence-corrected chi connectivity index (χ0v) is 20.5. The van der Waals surface area contributed by atoms with Crippen LogP contribution in [0, 0.1) is 5.92 Å². The SMILES string of the molecule is C[C@H]1[C@@H](CN2CCOCC2)O[C@@H](c2ccc(NC(=O)CCC(=O)O)cc2)O[C@H]1c1ccc(CO)cc1. The molecule has 2 aromatic rings. The largest absolute Gasteiger partial charge is 0.481 e. The van der Waals surface area contributed by atoms with Gasteiger partial charge in [0, 0.05) is 43.2 Å². The number of ether oxygens (including phenoxy) is 3. The molecule has 2 aliphatic heterocycles. The van der Waals surface area contributed by atoms with Crippen LogP contribution in [0.15, 0.2) is 48.5 Å². The van der Waals surface area contributed by atoms with Crippen molar-refractivity contribution in [2.24, 2.45) is 5.92 Å². The molecule has 1 amide bonds. The van der Waals surface area contributed by atoms with Gasteiger partial charge in [-0.3, -0.25) is 14.5 Å². The average molecular weight is 499 g/mol. The number of hydrogen-bond donors (Lipinski definition) is 3. The topological polar surface area (TPSA) is 118 Å². The van der Waals surface area contributed by atoms with Crippen molar-refractivity contribution in [3.8, 4) is 0 Å². The molecule has 2 aliphatic rings. The molecule has 9 nitrogen and oxygen atoms in total. The number of carboxylic acid groups (broad SMARTS) is 1. The third kappa shape index (κ3) is 6.89. The first-order valence-corrected chi connectivity index (χ1v) is 12.3. The van der Waals surface area contributed by atoms with Crippen molar-refractivity contribution in [3.63, 3.8) is 0 Å². The second-order valence-electron chi connectivity index (χ2n) is 9.30. The van der Waals surface area contributed by atoms with Crippen LogP contribution in [0.5, 0.6) is 0 Å². The Kier molecular flexibility index (Phi) is 9.06. The maximum Gasteiger partial charge on any atom is 0.303 e. The van der Waals surface area contributed by atoms with Gasteiger partial charge in [0.05, 0.1) is 38.4 Å². The molecule has 0 radical (unpaired) electrons. The maximum absolute atomic E-state index is 12.0. The Labute approximate surface area is 211 Å². The van der Waals surface area contributed by atoms with E-state index in [-0.39, 0.29) is 43.5 Å². The predicted octanol–water partition coefficient (Wildman–Crippen LogP) is 3.11. The van der Waals surface area contributed by atoms with Gasteiger partial charge in [0.2, 0.25) is 5.91 Å². The molecule has 0 saturated carbocycles. The molecule has 0 bridgehead atoms. The van der Waals surface area contributed by atoms with Crippen molar-refractivity contribution >= 4 is 17.6 Å². The molecule has 2 heterocycles. The molecular weight excluding hydrogens is 464 g/mol. The predicted molar refractivity (Wildman–Crippen MR) is 132 cm³/mol. The van der Waals surface area contributed by atoms with E-state index in [1.165, 1.54) is 0 Å². The number of anilines is 1. The fourth-order valence-corrected chi connectivity index (χ4v) is 4.53. The monoisotopic (exact) mass is 498 g/mol. The standard InChI is InChI=1S/C27H34N2O7/c1-18-23(16-29-12-14-34-15-13-29)35-27(36-26(18)20-4-2-19(17-30)3-5-20)21-6-8-22(9-7-21)28-24(31)10-11-25(32)33/h2-9,18,23,26-27,30H,10-17H2,1H3,(H,28,31)(H,32,33)/t18-,23+,26+,27+/m0/s1. The van der Waals surface area contributed by atoms with Crippen LogP contribution in [0.25, 0.3) is 0 Å². The van der Waals surface area contributed by atoms with Gasteiger partial charge >= 0.3 is 5.97 Å². The van der Waals surface area contributed by atoms with Crippen molar-refractivity contribution < 1.29 is 34.0 Å². The minimum Gasteiger partial charge on any atom is -0.481 e. The van der Waals surface area contributed by atoms with Crippen LogP contribution in [0.4, 0.5) is 5.69 Å². The van der Waals surface area contributed by atoms with E-state index in [2.05, 4.69) is 17.1 Å². The highest BCUT2D eigenvalue weighted by molar-refractivity contribution is 5.92. The molecule has 0 aliphatic carbocycles. The first-order valence-electron chi connectivity index (χ1n) is 12.3. The zero-order valence-electron chi connectivity index (χ0n) is 20.5. The lowest BCUT2D eigenvalue weighted by Gasteiger charge is -2.43. The maximum atomic E-state index is 12.0. The number of benzene rings is 2. The first-order chi connectivity index (χ1) is 17.4. The van der Waals surface area contributed by atoms with Gasteiger partial charge in [-0.25, -0.2) is 0 Å². The van der Waals surface area contributed by atoms with E-state index in [1.807, 2.05) is 36.4 Å². The number of carbonyl (C=O) groups excluding carboxylic acids is 1. The number of aliphatic carboxylic acids is 1. The summed E-state index contributed by atoms with van der Waals surface area (Å²) in [5.74, 6) is -1.26. The molecule has 36 heavy (non-hydrogen) atoms. The van der Waals surface area contributed by atoms with Crippen LogP contribution in [0.2, 0.25) is 0 Å². The lowest BCUT2D eigenvalue weighted by atomic mass is 9.90. The molecule has 0 unspecified atom stereocenters. The normalized spacial score (nSPS) is 24.8. The van der Waals surface area contributed by atoms with Gasteiger partial charge < -0.3 is 29.7 Å². The fourth-order valence-electron chi connectivity index (χ4n) is 4.53. The Hall–Kier alpha value is -2.82. The third-order valence-corrected chi connectivity index (χ3v) is 6.70. The summed E-state index contributed by atoms with van der Waals surface area (Å²) < 4.78 is 18.4. The number of nitrogens with zero attached hydrogens (tertiary/aromatic N) is 1. The van der Waals surface area contributed by atoms with E-state index in [4.69, 9.17) is 19.3 Å². The van der Waals surface area contributed by atoms with Gasteiger partial charge in [0.15, 0.2) is 6.29 Å². The van der Waals surface area contributed by atoms with Crippen molar-refractivity contribution in [1.82, 2.24) is 4.90 Å². The van der Waals surface area contributed by atoms with Crippen molar-refractivity contribution in [1.29, 1.82) is 0 Å². The summed E-state index contributed by atoms with van der Waals surface area (Å²) in [6.07, 6.45) is -1.15. The van der Waals surface area contributed by atoms with E-state index in [0.717, 1.165) is 36.3 Å². The van der Waals surface area contributed by atoms with Gasteiger partial charge in [0.1, 0.15) is 0 Å². The van der Waals surface area contributed by atoms with Gasteiger partial charge in [-0.15, -0.1) is 0 Å². The van der Waals surface area contributed by atoms with Crippen LogP contribution < -0.4 is 5.32 Å². The number of morpholine rings is 1. The molecule has 3 N–H and O–H groups in total. The number of hydrogen-bond acceptors (Lipinski definition) is 7. The van der Waals surface area contributed by atoms with Gasteiger partial charge in [-0.1, -0.05) is 43.3 Å². The molecular formula is C27H34N2O7. The van der Waals surface area contributed by atoms with E-state index in [0.29, 0.717) is 18.9 Å². The summed E-state index contributed by atoms with van der Waals surface area (Å²) >= 11 is 0. The highest BCUT2D eigenvalue weighted by atomic mass is 16.7. The minimum absolute atomic E-state index is 0.00799. The molecule has 9 heteroatoms. The lowest BCUT2D eigenvalue weighted by Crippen LogP contribution is -2.47. The highest BCUT2D eigenvalue weighted by Gasteiger charge is 2.39. The van der Waals surface area contributed by atoms with Gasteiger partial charge in [-0.05, 0) is 23.3 Å². The summed E-state index contributed by atoms with van der Waals surface area (Å²) in [4.78, 5) is 25.0. The summed E-state index contributed by atoms with van der Waals surface area (Å²) in [6, 6.07) is 15.1. The number of aliphatic hydroxyl groups is 1. The summed E-state index contributed by atoms with van der Waals surface area (Å²) in [7, 11) is 0. The first kappa shape index (κ1) is 26.2. The molecule has 2 fully saturated rings. The Morgan fingerprint density at radius 1 is 0.972 bits per heavy atom. The van der Waals surface area contributed by atoms with Crippen molar-refractivity contribution in [2.45, 2.75) is 44.9 Å². The molecule has 2 saturated heterocycles. The molecule has 0 spiro atoms. The number of carbonyl (C=O) groups is 2. The smallest absolute Gasteiger partial charge is 0.303 e. The third-order valence-electron chi connectivity index (χ3n) is 6.70. The molecule has 0 aromatic heterocycles. The van der Waals surface area contributed by atoms with Crippen molar-refractivity contribution in [2.75, 3.05) is 38.2 Å². The Morgan fingerprint density at radius 3 is 2.28 bits per heavy atom. The number of amides is 1. The molecule has 2 aromatic carbocycles. The van der Waals surface area contributed by atoms with Crippen LogP contribution in [-0.2, 0) is 30.4 Å². The van der Waals surface area contributed by atoms with E-state index in [1.54, 1.807) is 12.1 Å². The molecule has 4 atom stereocenters. The fraction of sp³-hybridized carbons (Fsp3) is 0.481. The highest BCUT2D eigenvalue weighted by Crippen LogP contribution is 2.42. The second-order valence-corrected chi connectivity index (χ2v) is 9.30. The van der Waals surface area contributed by atoms with Crippen LogP contribution in [0.1, 0.15) is 48.8 Å². The lowest BCUT2D eigenvalue weighted by molar-refractivity contribution is -0.277. The zero-order chi connectivity index (χ0) is 25.5. The Balaban J connectivity index is 1.50. The van der Waals surface area contributed by atoms with E-state index >= 15 is 0 Å². The van der Waals surface area contributed by atoms with E-state index in [9.17, 15) is 14.7 Å². The van der Waals surface area contributed by atoms with E-state index < -0.39 is 12.3 Å². The Morgan fingerprint density at radius 2 is 1.64 bits per heavy atom. The summed E-state index contributed by atoms with van der Waals surface area (Å²) in [5, 5.41) is 20.9. The molecule has 194 valence electrons. The second kappa shape index (κ2) is 12.4. The van der Waals surface area contributed by atoms with Crippen LogP contribution in [0.3, 0.4) is 0 Å². The Bertz CT molecular complexity index is 1010. The average Bonchev–Trinajstić information content (AvgIpc) is 2.90.